The van der Waals surface area contributed by atoms with Gasteiger partial charge in [-0.2, -0.15) is 0 Å². The van der Waals surface area contributed by atoms with Crippen molar-refractivity contribution in [3.8, 4) is 0 Å². The highest BCUT2D eigenvalue weighted by Gasteiger charge is 1.87. The molecular formula is C4H7OSi. The summed E-state index contributed by atoms with van der Waals surface area (Å²) in [6.07, 6.45) is 0.642. The first-order valence-electron chi connectivity index (χ1n) is 1.97. The number of ketones is 1. The molecule has 0 aromatic rings. The molecule has 0 saturated carbocycles. The fourth-order valence-corrected chi connectivity index (χ4v) is 0.375. The Morgan fingerprint density at radius 2 is 2.33 bits per heavy atom. The predicted octanol–water partition coefficient (Wildman–Crippen LogP) is 0.552. The second kappa shape index (κ2) is 3.09. The van der Waals surface area contributed by atoms with Crippen LogP contribution in [0.5, 0.6) is 0 Å². The molecule has 0 aliphatic rings. The number of carbonyl (C=O) groups is 1. The number of hydrogen-bond donors (Lipinski definition) is 0. The van der Waals surface area contributed by atoms with E-state index in [9.17, 15) is 4.79 Å². The summed E-state index contributed by atoms with van der Waals surface area (Å²) < 4.78 is 0. The van der Waals surface area contributed by atoms with Crippen molar-refractivity contribution in [2.24, 2.45) is 0 Å². The van der Waals surface area contributed by atoms with Crippen LogP contribution in [0.1, 0.15) is 13.3 Å². The molecular weight excluding hydrogens is 92.1 g/mol. The Kier molecular flexibility index (Phi) is 3.03. The van der Waals surface area contributed by atoms with E-state index in [1.165, 1.54) is 0 Å². The van der Waals surface area contributed by atoms with E-state index < -0.39 is 0 Å². The van der Waals surface area contributed by atoms with Crippen LogP contribution in [0.4, 0.5) is 0 Å². The average molecular weight is 99.2 g/mol. The Morgan fingerprint density at radius 3 is 2.33 bits per heavy atom. The zero-order chi connectivity index (χ0) is 4.99. The second-order valence-electron chi connectivity index (χ2n) is 1.07. The topological polar surface area (TPSA) is 17.1 Å². The number of Topliss-reactive ketones (excluding diaryl/α,β-unsaturated/α-hetero) is 1. The highest BCUT2D eigenvalue weighted by atomic mass is 28.1. The number of rotatable bonds is 2. The molecule has 1 nitrogen and oxygen atoms in total. The summed E-state index contributed by atoms with van der Waals surface area (Å²) in [5.74, 6) is 0.256. The van der Waals surface area contributed by atoms with Crippen LogP contribution in [-0.2, 0) is 4.79 Å². The SMILES string of the molecule is CCC(=O)C[Si]. The van der Waals surface area contributed by atoms with Crippen LogP contribution in [0.25, 0.3) is 0 Å². The van der Waals surface area contributed by atoms with Gasteiger partial charge < -0.3 is 4.79 Å². The Bertz CT molecular complexity index is 45.5. The molecule has 0 unspecified atom stereocenters. The summed E-state index contributed by atoms with van der Waals surface area (Å²) in [5, 5.41) is 0. The average Bonchev–Trinajstić information content (AvgIpc) is 1.65. The first-order chi connectivity index (χ1) is 2.81. The largest absolute Gasteiger partial charge is 0.300 e. The lowest BCUT2D eigenvalue weighted by Crippen LogP contribution is -1.90. The van der Waals surface area contributed by atoms with Crippen LogP contribution in [0.15, 0.2) is 0 Å². The predicted molar refractivity (Wildman–Crippen MR) is 25.9 cm³/mol. The van der Waals surface area contributed by atoms with Crippen molar-refractivity contribution in [2.45, 2.75) is 19.4 Å². The molecule has 0 heterocycles. The molecule has 0 aliphatic heterocycles. The quantitative estimate of drug-likeness (QED) is 0.462. The molecule has 0 aromatic heterocycles. The molecule has 0 aliphatic carbocycles. The van der Waals surface area contributed by atoms with Gasteiger partial charge in [-0.25, -0.2) is 0 Å². The van der Waals surface area contributed by atoms with Crippen molar-refractivity contribution in [2.75, 3.05) is 0 Å². The molecule has 33 valence electrons. The van der Waals surface area contributed by atoms with Gasteiger partial charge >= 0.3 is 0 Å². The van der Waals surface area contributed by atoms with Crippen LogP contribution in [-0.4, -0.2) is 16.0 Å². The van der Waals surface area contributed by atoms with Gasteiger partial charge in [-0.05, 0) is 6.04 Å². The Labute approximate surface area is 41.2 Å². The van der Waals surface area contributed by atoms with Crippen LogP contribution < -0.4 is 0 Å². The van der Waals surface area contributed by atoms with Gasteiger partial charge in [0.15, 0.2) is 0 Å². The molecule has 0 N–H and O–H groups in total. The monoisotopic (exact) mass is 99.0 g/mol. The van der Waals surface area contributed by atoms with Crippen LogP contribution in [0, 0.1) is 0 Å². The Morgan fingerprint density at radius 1 is 1.83 bits per heavy atom. The van der Waals surface area contributed by atoms with E-state index in [0.717, 1.165) is 0 Å². The fourth-order valence-electron chi connectivity index (χ4n) is 0.125. The second-order valence-corrected chi connectivity index (χ2v) is 1.42. The van der Waals surface area contributed by atoms with E-state index >= 15 is 0 Å². The minimum absolute atomic E-state index is 0.256. The summed E-state index contributed by atoms with van der Waals surface area (Å²) in [6.45, 7) is 1.85. The van der Waals surface area contributed by atoms with Gasteiger partial charge in [-0.3, -0.25) is 0 Å². The maximum Gasteiger partial charge on any atom is 0.129 e. The van der Waals surface area contributed by atoms with Crippen molar-refractivity contribution in [1.82, 2.24) is 0 Å². The van der Waals surface area contributed by atoms with Crippen molar-refractivity contribution in [3.05, 3.63) is 0 Å². The van der Waals surface area contributed by atoms with E-state index in [1.807, 2.05) is 6.92 Å². The highest BCUT2D eigenvalue weighted by Crippen LogP contribution is 1.81. The lowest BCUT2D eigenvalue weighted by atomic mass is 10.4. The molecule has 0 rings (SSSR count). The molecule has 0 amide bonds. The number of hydrogen-bond acceptors (Lipinski definition) is 1. The third kappa shape index (κ3) is 2.14. The molecule has 0 saturated heterocycles. The molecule has 6 heavy (non-hydrogen) atoms. The first kappa shape index (κ1) is 5.89. The number of carbonyl (C=O) groups excluding carboxylic acids is 1. The normalized spacial score (nSPS) is 8.33. The molecule has 0 fully saturated rings. The van der Waals surface area contributed by atoms with Gasteiger partial charge in [0.05, 0.1) is 0 Å². The van der Waals surface area contributed by atoms with E-state index in [0.29, 0.717) is 12.5 Å². The molecule has 0 aromatic carbocycles. The summed E-state index contributed by atoms with van der Waals surface area (Å²) >= 11 is 0. The zero-order valence-electron chi connectivity index (χ0n) is 3.82. The summed E-state index contributed by atoms with van der Waals surface area (Å²) in [6, 6.07) is 0.497. The van der Waals surface area contributed by atoms with Crippen LogP contribution in [0.3, 0.4) is 0 Å². The fraction of sp³-hybridized carbons (Fsp3) is 0.750. The van der Waals surface area contributed by atoms with Crippen molar-refractivity contribution < 1.29 is 4.79 Å². The van der Waals surface area contributed by atoms with E-state index in [2.05, 4.69) is 10.2 Å². The van der Waals surface area contributed by atoms with Gasteiger partial charge in [-0.15, -0.1) is 0 Å². The van der Waals surface area contributed by atoms with Gasteiger partial charge in [0, 0.05) is 16.7 Å². The highest BCUT2D eigenvalue weighted by molar-refractivity contribution is 6.20. The zero-order valence-corrected chi connectivity index (χ0v) is 4.82. The molecule has 0 spiro atoms. The maximum atomic E-state index is 10.1. The molecule has 0 bridgehead atoms. The van der Waals surface area contributed by atoms with Crippen molar-refractivity contribution in [3.63, 3.8) is 0 Å². The van der Waals surface area contributed by atoms with Crippen LogP contribution in [0.2, 0.25) is 6.04 Å². The van der Waals surface area contributed by atoms with Crippen LogP contribution >= 0.6 is 0 Å². The standard InChI is InChI=1S/C4H7OSi/c1-2-4(5)3-6/h2-3H2,1H3. The minimum Gasteiger partial charge on any atom is -0.300 e. The lowest BCUT2D eigenvalue weighted by Gasteiger charge is -1.81. The summed E-state index contributed by atoms with van der Waals surface area (Å²) in [5.41, 5.74) is 0. The third-order valence-electron chi connectivity index (χ3n) is 0.592. The van der Waals surface area contributed by atoms with Gasteiger partial charge in [-0.1, -0.05) is 6.92 Å². The Balaban J connectivity index is 2.99. The van der Waals surface area contributed by atoms with E-state index in [-0.39, 0.29) is 5.78 Å². The van der Waals surface area contributed by atoms with E-state index in [4.69, 9.17) is 0 Å². The van der Waals surface area contributed by atoms with E-state index in [1.54, 1.807) is 0 Å². The summed E-state index contributed by atoms with van der Waals surface area (Å²) in [4.78, 5) is 10.1. The molecule has 0 atom stereocenters. The third-order valence-corrected chi connectivity index (χ3v) is 0.986. The van der Waals surface area contributed by atoms with Gasteiger partial charge in [0.1, 0.15) is 5.78 Å². The van der Waals surface area contributed by atoms with Gasteiger partial charge in [0.2, 0.25) is 0 Å². The van der Waals surface area contributed by atoms with Crippen molar-refractivity contribution >= 4 is 16.0 Å². The Hall–Kier alpha value is -0.113. The first-order valence-corrected chi connectivity index (χ1v) is 2.68. The minimum atomic E-state index is 0.256. The van der Waals surface area contributed by atoms with Crippen molar-refractivity contribution in [1.29, 1.82) is 0 Å². The smallest absolute Gasteiger partial charge is 0.129 e. The maximum absolute atomic E-state index is 10.1. The van der Waals surface area contributed by atoms with Gasteiger partial charge in [0.25, 0.3) is 0 Å². The lowest BCUT2D eigenvalue weighted by molar-refractivity contribution is -0.116. The summed E-state index contributed by atoms with van der Waals surface area (Å²) in [7, 11) is 3.07. The molecule has 3 radical (unpaired) electrons. The molecule has 2 heteroatoms.